The molecule has 0 saturated heterocycles. The molecule has 0 unspecified atom stereocenters. The monoisotopic (exact) mass is 304 g/mol. The van der Waals surface area contributed by atoms with Crippen LogP contribution >= 0.6 is 11.6 Å². The van der Waals surface area contributed by atoms with Gasteiger partial charge in [-0.1, -0.05) is 23.7 Å². The van der Waals surface area contributed by atoms with E-state index in [1.165, 1.54) is 6.07 Å². The normalized spacial score (nSPS) is 14.3. The Hall–Kier alpha value is -2.00. The van der Waals surface area contributed by atoms with E-state index in [1.807, 2.05) is 12.1 Å². The number of aryl methyl sites for hydroxylation is 1. The van der Waals surface area contributed by atoms with Crippen LogP contribution in [0.2, 0.25) is 5.02 Å². The number of phenolic OH excluding ortho intramolecular Hbond substituents is 2. The maximum Gasteiger partial charge on any atom is 0.183 e. The fraction of sp³-hybridized carbons (Fsp3) is 0.176. The SMILES string of the molecule is Oc1ccc2c(c1)CCCC(c1ccc(O)c(F)c1Cl)=C2. The van der Waals surface area contributed by atoms with E-state index in [0.29, 0.717) is 5.56 Å². The highest BCUT2D eigenvalue weighted by molar-refractivity contribution is 6.32. The van der Waals surface area contributed by atoms with Crippen molar-refractivity contribution in [3.63, 3.8) is 0 Å². The summed E-state index contributed by atoms with van der Waals surface area (Å²) >= 11 is 6.02. The van der Waals surface area contributed by atoms with Crippen LogP contribution in [0.15, 0.2) is 30.3 Å². The number of phenols is 2. The topological polar surface area (TPSA) is 40.5 Å². The van der Waals surface area contributed by atoms with E-state index in [0.717, 1.165) is 36.0 Å². The number of hydrogen-bond donors (Lipinski definition) is 2. The molecule has 0 heterocycles. The second-order valence-corrected chi connectivity index (χ2v) is 5.54. The van der Waals surface area contributed by atoms with Gasteiger partial charge in [0, 0.05) is 0 Å². The third-order valence-electron chi connectivity index (χ3n) is 3.76. The van der Waals surface area contributed by atoms with Crippen molar-refractivity contribution in [2.45, 2.75) is 19.3 Å². The number of rotatable bonds is 1. The first-order valence-corrected chi connectivity index (χ1v) is 7.14. The Labute approximate surface area is 127 Å². The summed E-state index contributed by atoms with van der Waals surface area (Å²) in [6.07, 6.45) is 4.47. The average molecular weight is 305 g/mol. The molecule has 1 aliphatic carbocycles. The second-order valence-electron chi connectivity index (χ2n) is 5.17. The Balaban J connectivity index is 2.11. The predicted octanol–water partition coefficient (Wildman–Crippen LogP) is 4.77. The van der Waals surface area contributed by atoms with E-state index < -0.39 is 11.6 Å². The minimum atomic E-state index is -0.787. The summed E-state index contributed by atoms with van der Waals surface area (Å²) in [7, 11) is 0. The first kappa shape index (κ1) is 14.0. The largest absolute Gasteiger partial charge is 0.508 e. The molecule has 3 rings (SSSR count). The zero-order valence-electron chi connectivity index (χ0n) is 11.2. The van der Waals surface area contributed by atoms with Gasteiger partial charge in [-0.05, 0) is 65.8 Å². The van der Waals surface area contributed by atoms with Crippen molar-refractivity contribution in [3.05, 3.63) is 57.9 Å². The maximum absolute atomic E-state index is 13.8. The number of halogens is 2. The number of benzene rings is 2. The molecule has 2 aromatic rings. The lowest BCUT2D eigenvalue weighted by molar-refractivity contribution is 0.432. The third kappa shape index (κ3) is 2.61. The minimum Gasteiger partial charge on any atom is -0.508 e. The maximum atomic E-state index is 13.8. The molecular weight excluding hydrogens is 291 g/mol. The molecule has 2 aromatic carbocycles. The summed E-state index contributed by atoms with van der Waals surface area (Å²) in [5.74, 6) is -0.979. The van der Waals surface area contributed by atoms with Gasteiger partial charge in [0.25, 0.3) is 0 Å². The number of hydrogen-bond acceptors (Lipinski definition) is 2. The Morgan fingerprint density at radius 1 is 1.05 bits per heavy atom. The predicted molar refractivity (Wildman–Crippen MR) is 82.0 cm³/mol. The van der Waals surface area contributed by atoms with Crippen molar-refractivity contribution in [2.24, 2.45) is 0 Å². The van der Waals surface area contributed by atoms with Crippen LogP contribution in [0.3, 0.4) is 0 Å². The van der Waals surface area contributed by atoms with Gasteiger partial charge >= 0.3 is 0 Å². The first-order chi connectivity index (χ1) is 10.1. The van der Waals surface area contributed by atoms with Crippen molar-refractivity contribution in [3.8, 4) is 11.5 Å². The zero-order valence-corrected chi connectivity index (χ0v) is 12.0. The van der Waals surface area contributed by atoms with E-state index in [4.69, 9.17) is 11.6 Å². The van der Waals surface area contributed by atoms with Crippen LogP contribution < -0.4 is 0 Å². The highest BCUT2D eigenvalue weighted by atomic mass is 35.5. The van der Waals surface area contributed by atoms with E-state index in [-0.39, 0.29) is 10.8 Å². The molecule has 0 atom stereocenters. The lowest BCUT2D eigenvalue weighted by Gasteiger charge is -2.09. The van der Waals surface area contributed by atoms with Crippen LogP contribution in [0.25, 0.3) is 11.6 Å². The highest BCUT2D eigenvalue weighted by Crippen LogP contribution is 2.37. The van der Waals surface area contributed by atoms with Gasteiger partial charge in [-0.25, -0.2) is 4.39 Å². The van der Waals surface area contributed by atoms with Crippen LogP contribution in [0, 0.1) is 5.82 Å². The molecule has 4 heteroatoms. The molecule has 0 bridgehead atoms. The van der Waals surface area contributed by atoms with Crippen LogP contribution in [-0.2, 0) is 6.42 Å². The van der Waals surface area contributed by atoms with Gasteiger partial charge in [0.1, 0.15) is 5.75 Å². The summed E-state index contributed by atoms with van der Waals surface area (Å²) in [5.41, 5.74) is 3.61. The number of fused-ring (bicyclic) bond motifs is 1. The van der Waals surface area contributed by atoms with Crippen molar-refractivity contribution >= 4 is 23.3 Å². The Bertz CT molecular complexity index is 738. The standard InChI is InChI=1S/C17H14ClFO2/c18-16-14(6-7-15(21)17(16)19)12-3-1-2-10-9-13(20)5-4-11(10)8-12/h4-9,20-21H,1-3H2. The summed E-state index contributed by atoms with van der Waals surface area (Å²) < 4.78 is 13.8. The van der Waals surface area contributed by atoms with Crippen LogP contribution in [0.1, 0.15) is 29.5 Å². The molecule has 0 radical (unpaired) electrons. The summed E-state index contributed by atoms with van der Waals surface area (Å²) in [5, 5.41) is 18.9. The van der Waals surface area contributed by atoms with Crippen LogP contribution in [0.5, 0.6) is 11.5 Å². The van der Waals surface area contributed by atoms with E-state index in [1.54, 1.807) is 18.2 Å². The summed E-state index contributed by atoms with van der Waals surface area (Å²) in [6, 6.07) is 8.20. The first-order valence-electron chi connectivity index (χ1n) is 6.76. The molecule has 108 valence electrons. The molecule has 1 aliphatic rings. The van der Waals surface area contributed by atoms with Crippen LogP contribution in [-0.4, -0.2) is 10.2 Å². The molecule has 2 N–H and O–H groups in total. The molecule has 0 spiro atoms. The van der Waals surface area contributed by atoms with Gasteiger partial charge in [-0.2, -0.15) is 0 Å². The lowest BCUT2D eigenvalue weighted by Crippen LogP contribution is -1.90. The van der Waals surface area contributed by atoms with Gasteiger partial charge in [0.05, 0.1) is 5.02 Å². The second kappa shape index (κ2) is 5.41. The molecule has 0 aliphatic heterocycles. The van der Waals surface area contributed by atoms with Crippen molar-refractivity contribution in [2.75, 3.05) is 0 Å². The smallest absolute Gasteiger partial charge is 0.183 e. The van der Waals surface area contributed by atoms with E-state index >= 15 is 0 Å². The summed E-state index contributed by atoms with van der Waals surface area (Å²) in [4.78, 5) is 0. The molecular formula is C17H14ClFO2. The van der Waals surface area contributed by atoms with Gasteiger partial charge in [0.2, 0.25) is 0 Å². The molecule has 0 amide bonds. The van der Waals surface area contributed by atoms with Crippen molar-refractivity contribution < 1.29 is 14.6 Å². The molecule has 0 saturated carbocycles. The highest BCUT2D eigenvalue weighted by Gasteiger charge is 2.16. The van der Waals surface area contributed by atoms with Crippen molar-refractivity contribution in [1.29, 1.82) is 0 Å². The Morgan fingerprint density at radius 2 is 1.86 bits per heavy atom. The van der Waals surface area contributed by atoms with Gasteiger partial charge in [0.15, 0.2) is 11.6 Å². The quantitative estimate of drug-likeness (QED) is 0.797. The fourth-order valence-corrected chi connectivity index (χ4v) is 2.96. The Kier molecular flexibility index (Phi) is 3.60. The van der Waals surface area contributed by atoms with Gasteiger partial charge in [-0.3, -0.25) is 0 Å². The number of allylic oxidation sites excluding steroid dienone is 1. The number of aromatic hydroxyl groups is 2. The average Bonchev–Trinajstić information content (AvgIpc) is 2.66. The molecule has 0 fully saturated rings. The summed E-state index contributed by atoms with van der Waals surface area (Å²) in [6.45, 7) is 0. The molecule has 21 heavy (non-hydrogen) atoms. The van der Waals surface area contributed by atoms with E-state index in [9.17, 15) is 14.6 Å². The van der Waals surface area contributed by atoms with Gasteiger partial charge in [-0.15, -0.1) is 0 Å². The van der Waals surface area contributed by atoms with Gasteiger partial charge < -0.3 is 10.2 Å². The van der Waals surface area contributed by atoms with Crippen LogP contribution in [0.4, 0.5) is 4.39 Å². The molecule has 2 nitrogen and oxygen atoms in total. The molecule has 0 aromatic heterocycles. The Morgan fingerprint density at radius 3 is 2.67 bits per heavy atom. The fourth-order valence-electron chi connectivity index (χ4n) is 2.68. The minimum absolute atomic E-state index is 0.0523. The third-order valence-corrected chi connectivity index (χ3v) is 4.13. The van der Waals surface area contributed by atoms with Crippen molar-refractivity contribution in [1.82, 2.24) is 0 Å². The zero-order chi connectivity index (χ0) is 15.0. The lowest BCUT2D eigenvalue weighted by atomic mass is 10.00. The van der Waals surface area contributed by atoms with E-state index in [2.05, 4.69) is 0 Å².